The number of rotatable bonds is 9. The van der Waals surface area contributed by atoms with Crippen molar-refractivity contribution in [3.05, 3.63) is 57.6 Å². The molecule has 0 aliphatic heterocycles. The molecule has 3 rings (SSSR count). The summed E-state index contributed by atoms with van der Waals surface area (Å²) < 4.78 is 28.7. The molecule has 0 radical (unpaired) electrons. The molecule has 0 heterocycles. The van der Waals surface area contributed by atoms with E-state index in [0.29, 0.717) is 48.0 Å². The largest absolute Gasteiger partial charge is 0.481 e. The lowest BCUT2D eigenvalue weighted by Crippen LogP contribution is -2.45. The lowest BCUT2D eigenvalue weighted by molar-refractivity contribution is -0.138. The zero-order valence-electron chi connectivity index (χ0n) is 18.4. The highest BCUT2D eigenvalue weighted by Crippen LogP contribution is 2.36. The molecule has 0 bridgehead atoms. The van der Waals surface area contributed by atoms with Crippen molar-refractivity contribution in [1.82, 2.24) is 4.31 Å². The van der Waals surface area contributed by atoms with Crippen molar-refractivity contribution in [2.45, 2.75) is 50.0 Å². The van der Waals surface area contributed by atoms with Crippen molar-refractivity contribution in [3.8, 4) is 0 Å². The van der Waals surface area contributed by atoms with E-state index in [1.165, 1.54) is 4.31 Å². The molecule has 1 N–H and O–H groups in total. The number of hydrogen-bond donors (Lipinski definition) is 1. The molecule has 1 aliphatic rings. The highest BCUT2D eigenvalue weighted by atomic mass is 35.5. The third kappa shape index (κ3) is 4.91. The molecule has 0 amide bonds. The van der Waals surface area contributed by atoms with Crippen LogP contribution in [-0.4, -0.2) is 50.0 Å². The minimum absolute atomic E-state index is 0.141. The Bertz CT molecular complexity index is 1110. The SMILES string of the molecule is CCC(CN(C)c1ccc(Cl)c(Cl)c1)N(CC)S(=O)(=O)c1ccc2c(c1)C(C(=O)O)CC2. The second kappa shape index (κ2) is 10.00. The molecule has 174 valence electrons. The molecule has 2 atom stereocenters. The normalized spacial score (nSPS) is 16.8. The van der Waals surface area contributed by atoms with Gasteiger partial charge in [-0.1, -0.05) is 43.1 Å². The average molecular weight is 499 g/mol. The Labute approximate surface area is 199 Å². The summed E-state index contributed by atoms with van der Waals surface area (Å²) in [5.41, 5.74) is 2.36. The number of carboxylic acids is 1. The Hall–Kier alpha value is -1.80. The molecule has 2 aromatic rings. The van der Waals surface area contributed by atoms with Crippen LogP contribution in [0.15, 0.2) is 41.3 Å². The minimum atomic E-state index is -3.81. The highest BCUT2D eigenvalue weighted by molar-refractivity contribution is 7.89. The first-order valence-corrected chi connectivity index (χ1v) is 12.8. The molecule has 2 unspecified atom stereocenters. The standard InChI is InChI=1S/C23H28Cl2N2O4S/c1-4-16(14-26(3)17-8-11-21(24)22(25)12-17)27(5-2)32(30,31)18-9-6-15-7-10-19(23(28)29)20(15)13-18/h6,8-9,11-13,16,19H,4-5,7,10,14H2,1-3H3,(H,28,29). The molecule has 9 heteroatoms. The van der Waals surface area contributed by atoms with Gasteiger partial charge in [-0.05, 0) is 60.7 Å². The van der Waals surface area contributed by atoms with E-state index in [-0.39, 0.29) is 10.9 Å². The highest BCUT2D eigenvalue weighted by Gasteiger charge is 2.34. The first-order chi connectivity index (χ1) is 15.1. The fourth-order valence-corrected chi connectivity index (χ4v) is 6.35. The number of likely N-dealkylation sites (N-methyl/N-ethyl adjacent to an activating group) is 2. The first kappa shape index (κ1) is 24.8. The maximum Gasteiger partial charge on any atom is 0.310 e. The van der Waals surface area contributed by atoms with Crippen LogP contribution in [0, 0.1) is 0 Å². The van der Waals surface area contributed by atoms with Crippen molar-refractivity contribution in [2.24, 2.45) is 0 Å². The van der Waals surface area contributed by atoms with Crippen molar-refractivity contribution in [1.29, 1.82) is 0 Å². The second-order valence-electron chi connectivity index (χ2n) is 8.04. The van der Waals surface area contributed by atoms with Crippen LogP contribution in [0.5, 0.6) is 0 Å². The number of aryl methyl sites for hydroxylation is 1. The van der Waals surface area contributed by atoms with Gasteiger partial charge >= 0.3 is 5.97 Å². The molecular weight excluding hydrogens is 471 g/mol. The van der Waals surface area contributed by atoms with Crippen molar-refractivity contribution >= 4 is 44.9 Å². The van der Waals surface area contributed by atoms with Crippen LogP contribution in [0.1, 0.15) is 43.7 Å². The Morgan fingerprint density at radius 1 is 1.16 bits per heavy atom. The van der Waals surface area contributed by atoms with Crippen molar-refractivity contribution in [2.75, 3.05) is 25.0 Å². The molecule has 0 aromatic heterocycles. The van der Waals surface area contributed by atoms with E-state index in [1.54, 1.807) is 30.3 Å². The predicted molar refractivity (Wildman–Crippen MR) is 129 cm³/mol. The molecule has 2 aromatic carbocycles. The molecule has 32 heavy (non-hydrogen) atoms. The third-order valence-electron chi connectivity index (χ3n) is 6.12. The number of aliphatic carboxylic acids is 1. The number of halogens is 2. The molecular formula is C23H28Cl2N2O4S. The van der Waals surface area contributed by atoms with Gasteiger partial charge in [0.15, 0.2) is 0 Å². The van der Waals surface area contributed by atoms with Crippen LogP contribution in [0.3, 0.4) is 0 Å². The molecule has 1 aliphatic carbocycles. The smallest absolute Gasteiger partial charge is 0.310 e. The van der Waals surface area contributed by atoms with Gasteiger partial charge in [0.1, 0.15) is 0 Å². The van der Waals surface area contributed by atoms with Crippen molar-refractivity contribution < 1.29 is 18.3 Å². The summed E-state index contributed by atoms with van der Waals surface area (Å²) in [6.07, 6.45) is 1.76. The summed E-state index contributed by atoms with van der Waals surface area (Å²) in [5.74, 6) is -1.57. The van der Waals surface area contributed by atoms with E-state index in [9.17, 15) is 18.3 Å². The van der Waals surface area contributed by atoms with Crippen LogP contribution in [0.2, 0.25) is 10.0 Å². The van der Waals surface area contributed by atoms with Gasteiger partial charge in [0, 0.05) is 31.9 Å². The molecule has 0 saturated heterocycles. The number of hydrogen-bond acceptors (Lipinski definition) is 4. The van der Waals surface area contributed by atoms with Crippen LogP contribution in [0.4, 0.5) is 5.69 Å². The van der Waals surface area contributed by atoms with Gasteiger partial charge in [0.05, 0.1) is 20.9 Å². The van der Waals surface area contributed by atoms with E-state index in [4.69, 9.17) is 23.2 Å². The number of carbonyl (C=O) groups is 1. The number of sulfonamides is 1. The summed E-state index contributed by atoms with van der Waals surface area (Å²) in [6, 6.07) is 9.93. The minimum Gasteiger partial charge on any atom is -0.481 e. The predicted octanol–water partition coefficient (Wildman–Crippen LogP) is 5.03. The average Bonchev–Trinajstić information content (AvgIpc) is 3.18. The van der Waals surface area contributed by atoms with Crippen LogP contribution in [0.25, 0.3) is 0 Å². The second-order valence-corrected chi connectivity index (χ2v) is 10.7. The number of nitrogens with zero attached hydrogens (tertiary/aromatic N) is 2. The number of benzene rings is 2. The first-order valence-electron chi connectivity index (χ1n) is 10.6. The van der Waals surface area contributed by atoms with Gasteiger partial charge in [-0.15, -0.1) is 0 Å². The maximum absolute atomic E-state index is 13.6. The van der Waals surface area contributed by atoms with Crippen LogP contribution in [-0.2, 0) is 21.2 Å². The van der Waals surface area contributed by atoms with E-state index < -0.39 is 21.9 Å². The van der Waals surface area contributed by atoms with E-state index in [2.05, 4.69) is 0 Å². The fraction of sp³-hybridized carbons (Fsp3) is 0.435. The topological polar surface area (TPSA) is 77.9 Å². The maximum atomic E-state index is 13.6. The van der Waals surface area contributed by atoms with Gasteiger partial charge in [-0.3, -0.25) is 4.79 Å². The Morgan fingerprint density at radius 2 is 1.88 bits per heavy atom. The Kier molecular flexibility index (Phi) is 7.76. The zero-order chi connectivity index (χ0) is 23.6. The van der Waals surface area contributed by atoms with Gasteiger partial charge in [0.2, 0.25) is 10.0 Å². The summed E-state index contributed by atoms with van der Waals surface area (Å²) in [7, 11) is -1.92. The monoisotopic (exact) mass is 498 g/mol. The molecule has 0 fully saturated rings. The molecule has 0 saturated carbocycles. The van der Waals surface area contributed by atoms with E-state index in [1.807, 2.05) is 31.9 Å². The molecule has 0 spiro atoms. The summed E-state index contributed by atoms with van der Waals surface area (Å²) in [6.45, 7) is 4.53. The van der Waals surface area contributed by atoms with Gasteiger partial charge in [0.25, 0.3) is 0 Å². The zero-order valence-corrected chi connectivity index (χ0v) is 20.7. The summed E-state index contributed by atoms with van der Waals surface area (Å²) in [4.78, 5) is 13.7. The van der Waals surface area contributed by atoms with Gasteiger partial charge in [-0.2, -0.15) is 4.31 Å². The van der Waals surface area contributed by atoms with Crippen LogP contribution < -0.4 is 4.90 Å². The summed E-state index contributed by atoms with van der Waals surface area (Å²) in [5, 5.41) is 10.4. The van der Waals surface area contributed by atoms with E-state index >= 15 is 0 Å². The van der Waals surface area contributed by atoms with E-state index in [0.717, 1.165) is 11.3 Å². The lowest BCUT2D eigenvalue weighted by Gasteiger charge is -2.33. The number of carboxylic acid groups (broad SMARTS) is 1. The fourth-order valence-electron chi connectivity index (χ4n) is 4.32. The third-order valence-corrected chi connectivity index (χ3v) is 8.88. The van der Waals surface area contributed by atoms with Gasteiger partial charge in [-0.25, -0.2) is 8.42 Å². The Balaban J connectivity index is 1.89. The quantitative estimate of drug-likeness (QED) is 0.524. The lowest BCUT2D eigenvalue weighted by atomic mass is 10.0. The van der Waals surface area contributed by atoms with Crippen LogP contribution >= 0.6 is 23.2 Å². The summed E-state index contributed by atoms with van der Waals surface area (Å²) >= 11 is 12.2. The Morgan fingerprint density at radius 3 is 2.47 bits per heavy atom. The van der Waals surface area contributed by atoms with Crippen molar-refractivity contribution in [3.63, 3.8) is 0 Å². The number of fused-ring (bicyclic) bond motifs is 1. The van der Waals surface area contributed by atoms with Gasteiger partial charge < -0.3 is 10.0 Å². The number of anilines is 1. The molecule has 6 nitrogen and oxygen atoms in total.